The van der Waals surface area contributed by atoms with Gasteiger partial charge in [0.15, 0.2) is 0 Å². The van der Waals surface area contributed by atoms with E-state index in [2.05, 4.69) is 18.3 Å². The number of ether oxygens (including phenoxy) is 2. The summed E-state index contributed by atoms with van der Waals surface area (Å²) in [4.78, 5) is 0. The topological polar surface area (TPSA) is 30.5 Å². The van der Waals surface area contributed by atoms with Gasteiger partial charge in [-0.2, -0.15) is 0 Å². The summed E-state index contributed by atoms with van der Waals surface area (Å²) < 4.78 is 10.7. The lowest BCUT2D eigenvalue weighted by Gasteiger charge is -2.28. The summed E-state index contributed by atoms with van der Waals surface area (Å²) in [5.74, 6) is 2.57. The van der Waals surface area contributed by atoms with Crippen molar-refractivity contribution in [1.29, 1.82) is 0 Å². The van der Waals surface area contributed by atoms with E-state index >= 15 is 0 Å². The normalized spacial score (nSPS) is 23.7. The van der Waals surface area contributed by atoms with Gasteiger partial charge in [0.2, 0.25) is 0 Å². The third-order valence-corrected chi connectivity index (χ3v) is 3.76. The fraction of sp³-hybridized carbons (Fsp3) is 0.600. The fourth-order valence-electron chi connectivity index (χ4n) is 2.58. The minimum Gasteiger partial charge on any atom is -0.497 e. The molecule has 0 radical (unpaired) electrons. The summed E-state index contributed by atoms with van der Waals surface area (Å²) in [6.07, 6.45) is 3.60. The van der Waals surface area contributed by atoms with Crippen LogP contribution in [0.2, 0.25) is 0 Å². The van der Waals surface area contributed by atoms with Crippen molar-refractivity contribution in [3.63, 3.8) is 0 Å². The highest BCUT2D eigenvalue weighted by Gasteiger charge is 2.19. The molecule has 0 amide bonds. The Morgan fingerprint density at radius 3 is 2.67 bits per heavy atom. The number of methoxy groups -OCH3 is 2. The van der Waals surface area contributed by atoms with Crippen molar-refractivity contribution in [1.82, 2.24) is 5.32 Å². The predicted molar refractivity (Wildman–Crippen MR) is 73.4 cm³/mol. The van der Waals surface area contributed by atoms with Gasteiger partial charge in [-0.25, -0.2) is 0 Å². The van der Waals surface area contributed by atoms with Gasteiger partial charge in [0, 0.05) is 6.04 Å². The molecular weight excluding hydrogens is 226 g/mol. The second kappa shape index (κ2) is 6.10. The van der Waals surface area contributed by atoms with E-state index in [0.717, 1.165) is 24.5 Å². The Bertz CT molecular complexity index is 384. The van der Waals surface area contributed by atoms with E-state index in [0.29, 0.717) is 12.0 Å². The van der Waals surface area contributed by atoms with Crippen molar-refractivity contribution in [3.8, 4) is 11.5 Å². The van der Waals surface area contributed by atoms with Gasteiger partial charge < -0.3 is 14.8 Å². The highest BCUT2D eigenvalue weighted by atomic mass is 16.5. The molecule has 100 valence electrons. The second-order valence-electron chi connectivity index (χ2n) is 5.13. The van der Waals surface area contributed by atoms with Crippen molar-refractivity contribution in [2.75, 3.05) is 20.8 Å². The van der Waals surface area contributed by atoms with E-state index < -0.39 is 0 Å². The molecule has 18 heavy (non-hydrogen) atoms. The largest absolute Gasteiger partial charge is 0.497 e. The first kappa shape index (κ1) is 13.2. The van der Waals surface area contributed by atoms with Crippen LogP contribution < -0.4 is 14.8 Å². The lowest BCUT2D eigenvalue weighted by molar-refractivity contribution is 0.317. The molecule has 1 saturated heterocycles. The summed E-state index contributed by atoms with van der Waals surface area (Å²) in [6.45, 7) is 3.35. The Hall–Kier alpha value is -1.22. The molecule has 0 aliphatic carbocycles. The fourth-order valence-corrected chi connectivity index (χ4v) is 2.58. The summed E-state index contributed by atoms with van der Waals surface area (Å²) in [7, 11) is 3.43. The van der Waals surface area contributed by atoms with E-state index in [4.69, 9.17) is 9.47 Å². The Morgan fingerprint density at radius 1 is 1.22 bits per heavy atom. The van der Waals surface area contributed by atoms with Gasteiger partial charge in [-0.05, 0) is 62.4 Å². The van der Waals surface area contributed by atoms with Crippen molar-refractivity contribution in [2.45, 2.75) is 32.2 Å². The SMILES string of the molecule is COc1ccc(OC)c(CC2CCC(C)NC2)c1. The zero-order valence-corrected chi connectivity index (χ0v) is 11.5. The quantitative estimate of drug-likeness (QED) is 0.890. The van der Waals surface area contributed by atoms with E-state index in [1.165, 1.54) is 18.4 Å². The highest BCUT2D eigenvalue weighted by Crippen LogP contribution is 2.28. The van der Waals surface area contributed by atoms with Gasteiger partial charge in [0.05, 0.1) is 14.2 Å². The Balaban J connectivity index is 2.07. The maximum Gasteiger partial charge on any atom is 0.122 e. The molecule has 1 aliphatic heterocycles. The molecule has 1 heterocycles. The van der Waals surface area contributed by atoms with Crippen molar-refractivity contribution in [2.24, 2.45) is 5.92 Å². The maximum atomic E-state index is 5.43. The van der Waals surface area contributed by atoms with Gasteiger partial charge in [0.1, 0.15) is 11.5 Å². The lowest BCUT2D eigenvalue weighted by Crippen LogP contribution is -2.37. The first-order valence-corrected chi connectivity index (χ1v) is 6.67. The van der Waals surface area contributed by atoms with Gasteiger partial charge in [-0.3, -0.25) is 0 Å². The highest BCUT2D eigenvalue weighted by molar-refractivity contribution is 5.40. The van der Waals surface area contributed by atoms with Gasteiger partial charge in [-0.1, -0.05) is 0 Å². The monoisotopic (exact) mass is 249 g/mol. The average molecular weight is 249 g/mol. The third kappa shape index (κ3) is 3.16. The summed E-state index contributed by atoms with van der Waals surface area (Å²) >= 11 is 0. The Labute approximate surface area is 109 Å². The summed E-state index contributed by atoms with van der Waals surface area (Å²) in [5.41, 5.74) is 1.25. The third-order valence-electron chi connectivity index (χ3n) is 3.76. The smallest absolute Gasteiger partial charge is 0.122 e. The van der Waals surface area contributed by atoms with E-state index in [1.54, 1.807) is 14.2 Å². The summed E-state index contributed by atoms with van der Waals surface area (Å²) in [5, 5.41) is 3.55. The zero-order chi connectivity index (χ0) is 13.0. The number of hydrogen-bond donors (Lipinski definition) is 1. The van der Waals surface area contributed by atoms with Crippen LogP contribution in [-0.2, 0) is 6.42 Å². The molecule has 3 heteroatoms. The molecule has 1 fully saturated rings. The first-order chi connectivity index (χ1) is 8.72. The van der Waals surface area contributed by atoms with Crippen LogP contribution in [0.25, 0.3) is 0 Å². The molecule has 0 saturated carbocycles. The molecular formula is C15H23NO2. The van der Waals surface area contributed by atoms with Crippen LogP contribution >= 0.6 is 0 Å². The van der Waals surface area contributed by atoms with Crippen molar-refractivity contribution < 1.29 is 9.47 Å². The standard InChI is InChI=1S/C15H23NO2/c1-11-4-5-12(10-16-11)8-13-9-14(17-2)6-7-15(13)18-3/h6-7,9,11-12,16H,4-5,8,10H2,1-3H3. The molecule has 0 spiro atoms. The van der Waals surface area contributed by atoms with Crippen LogP contribution in [0, 0.1) is 5.92 Å². The second-order valence-corrected chi connectivity index (χ2v) is 5.13. The number of hydrogen-bond acceptors (Lipinski definition) is 3. The van der Waals surface area contributed by atoms with Crippen LogP contribution in [0.5, 0.6) is 11.5 Å². The molecule has 2 atom stereocenters. The maximum absolute atomic E-state index is 5.43. The Morgan fingerprint density at radius 2 is 2.06 bits per heavy atom. The molecule has 3 nitrogen and oxygen atoms in total. The molecule has 1 aromatic carbocycles. The van der Waals surface area contributed by atoms with Crippen LogP contribution in [0.1, 0.15) is 25.3 Å². The van der Waals surface area contributed by atoms with Crippen LogP contribution in [0.15, 0.2) is 18.2 Å². The van der Waals surface area contributed by atoms with Crippen molar-refractivity contribution >= 4 is 0 Å². The van der Waals surface area contributed by atoms with Crippen LogP contribution in [-0.4, -0.2) is 26.8 Å². The molecule has 1 N–H and O–H groups in total. The minimum atomic E-state index is 0.661. The molecule has 1 aromatic rings. The van der Waals surface area contributed by atoms with Gasteiger partial charge in [-0.15, -0.1) is 0 Å². The average Bonchev–Trinajstić information content (AvgIpc) is 2.41. The lowest BCUT2D eigenvalue weighted by atomic mass is 9.89. The number of piperidine rings is 1. The molecule has 0 bridgehead atoms. The number of nitrogens with one attached hydrogen (secondary N) is 1. The minimum absolute atomic E-state index is 0.661. The predicted octanol–water partition coefficient (Wildman–Crippen LogP) is 2.63. The van der Waals surface area contributed by atoms with Gasteiger partial charge in [0.25, 0.3) is 0 Å². The first-order valence-electron chi connectivity index (χ1n) is 6.67. The Kier molecular flexibility index (Phi) is 4.48. The van der Waals surface area contributed by atoms with Crippen molar-refractivity contribution in [3.05, 3.63) is 23.8 Å². The van der Waals surface area contributed by atoms with Crippen LogP contribution in [0.4, 0.5) is 0 Å². The number of rotatable bonds is 4. The summed E-state index contributed by atoms with van der Waals surface area (Å²) in [6, 6.07) is 6.70. The van der Waals surface area contributed by atoms with Gasteiger partial charge >= 0.3 is 0 Å². The molecule has 1 aliphatic rings. The molecule has 0 aromatic heterocycles. The zero-order valence-electron chi connectivity index (χ0n) is 11.5. The molecule has 2 rings (SSSR count). The van der Waals surface area contributed by atoms with E-state index in [-0.39, 0.29) is 0 Å². The van der Waals surface area contributed by atoms with E-state index in [1.807, 2.05) is 12.1 Å². The number of benzene rings is 1. The molecule has 2 unspecified atom stereocenters. The van der Waals surface area contributed by atoms with Crippen LogP contribution in [0.3, 0.4) is 0 Å². The van der Waals surface area contributed by atoms with E-state index in [9.17, 15) is 0 Å².